The molecule has 3 fully saturated rings. The summed E-state index contributed by atoms with van der Waals surface area (Å²) in [5, 5.41) is 4.89. The Morgan fingerprint density at radius 1 is 1.19 bits per heavy atom. The molecule has 1 aliphatic heterocycles. The minimum atomic E-state index is 0.774. The molecule has 4 heteroatoms. The molecule has 2 saturated carbocycles. The van der Waals surface area contributed by atoms with Gasteiger partial charge in [0.15, 0.2) is 5.13 Å². The summed E-state index contributed by atoms with van der Waals surface area (Å²) in [5.74, 6) is 2.69. The van der Waals surface area contributed by atoms with Gasteiger partial charge in [-0.15, -0.1) is 11.3 Å². The second-order valence-electron chi connectivity index (χ2n) is 7.11. The maximum absolute atomic E-state index is 5.06. The van der Waals surface area contributed by atoms with Crippen molar-refractivity contribution in [1.82, 2.24) is 10.3 Å². The lowest BCUT2D eigenvalue weighted by atomic mass is 10.0. The van der Waals surface area contributed by atoms with Crippen LogP contribution in [-0.2, 0) is 6.54 Å². The minimum Gasteiger partial charge on any atom is -0.348 e. The van der Waals surface area contributed by atoms with Crippen LogP contribution in [0.4, 0.5) is 5.13 Å². The van der Waals surface area contributed by atoms with Crippen LogP contribution in [-0.4, -0.2) is 24.6 Å². The third-order valence-corrected chi connectivity index (χ3v) is 6.52. The third-order valence-electron chi connectivity index (χ3n) is 5.39. The highest BCUT2D eigenvalue weighted by molar-refractivity contribution is 7.15. The van der Waals surface area contributed by atoms with Gasteiger partial charge in [0.25, 0.3) is 0 Å². The van der Waals surface area contributed by atoms with E-state index in [9.17, 15) is 0 Å². The van der Waals surface area contributed by atoms with Crippen LogP contribution in [0.2, 0.25) is 0 Å². The van der Waals surface area contributed by atoms with Crippen LogP contribution in [0.3, 0.4) is 0 Å². The van der Waals surface area contributed by atoms with Crippen molar-refractivity contribution < 1.29 is 0 Å². The molecule has 0 radical (unpaired) electrons. The quantitative estimate of drug-likeness (QED) is 0.811. The molecule has 3 nitrogen and oxygen atoms in total. The fraction of sp³-hybridized carbons (Fsp3) is 0.824. The molecule has 116 valence electrons. The fourth-order valence-electron chi connectivity index (χ4n) is 4.06. The van der Waals surface area contributed by atoms with Crippen molar-refractivity contribution in [2.75, 3.05) is 24.5 Å². The van der Waals surface area contributed by atoms with Gasteiger partial charge in [0.05, 0.1) is 5.69 Å². The van der Waals surface area contributed by atoms with E-state index in [2.05, 4.69) is 17.1 Å². The first-order chi connectivity index (χ1) is 10.3. The summed E-state index contributed by atoms with van der Waals surface area (Å²) in [7, 11) is 0. The number of hydrogen-bond donors (Lipinski definition) is 1. The molecule has 1 aromatic rings. The maximum Gasteiger partial charge on any atom is 0.185 e. The predicted molar refractivity (Wildman–Crippen MR) is 89.1 cm³/mol. The first kappa shape index (κ1) is 14.0. The van der Waals surface area contributed by atoms with E-state index in [1.165, 1.54) is 67.3 Å². The van der Waals surface area contributed by atoms with Crippen LogP contribution in [0.15, 0.2) is 0 Å². The molecule has 0 aromatic carbocycles. The van der Waals surface area contributed by atoms with E-state index in [1.54, 1.807) is 0 Å². The molecular formula is C17H27N3S. The Kier molecular flexibility index (Phi) is 3.92. The largest absolute Gasteiger partial charge is 0.348 e. The molecule has 4 rings (SSSR count). The van der Waals surface area contributed by atoms with Crippen molar-refractivity contribution in [3.05, 3.63) is 10.6 Å². The van der Waals surface area contributed by atoms with Crippen LogP contribution in [0, 0.1) is 11.8 Å². The van der Waals surface area contributed by atoms with Gasteiger partial charge in [0.2, 0.25) is 0 Å². The van der Waals surface area contributed by atoms with Gasteiger partial charge < -0.3 is 10.2 Å². The lowest BCUT2D eigenvalue weighted by molar-refractivity contribution is 0.494. The number of fused-ring (bicyclic) bond motifs is 1. The van der Waals surface area contributed by atoms with E-state index in [-0.39, 0.29) is 0 Å². The highest BCUT2D eigenvalue weighted by Gasteiger charge is 2.38. The van der Waals surface area contributed by atoms with Crippen molar-refractivity contribution in [3.63, 3.8) is 0 Å². The summed E-state index contributed by atoms with van der Waals surface area (Å²) in [6.07, 6.45) is 8.28. The molecular weight excluding hydrogens is 278 g/mol. The number of anilines is 1. The van der Waals surface area contributed by atoms with Crippen LogP contribution < -0.4 is 10.2 Å². The summed E-state index contributed by atoms with van der Waals surface area (Å²) >= 11 is 1.97. The zero-order valence-corrected chi connectivity index (χ0v) is 13.9. The van der Waals surface area contributed by atoms with E-state index in [1.807, 2.05) is 11.3 Å². The summed E-state index contributed by atoms with van der Waals surface area (Å²) in [4.78, 5) is 9.17. The standard InChI is InChI=1S/C17H27N3S/c1-2-8-18-9-15-16(12-6-7-12)19-17(21-15)20-10-13-4-3-5-14(13)11-20/h12-14,18H,2-11H2,1H3. The van der Waals surface area contributed by atoms with Gasteiger partial charge in [-0.05, 0) is 50.5 Å². The Morgan fingerprint density at radius 2 is 1.95 bits per heavy atom. The van der Waals surface area contributed by atoms with Gasteiger partial charge in [-0.2, -0.15) is 0 Å². The smallest absolute Gasteiger partial charge is 0.185 e. The Labute approximate surface area is 132 Å². The lowest BCUT2D eigenvalue weighted by Crippen LogP contribution is -2.20. The van der Waals surface area contributed by atoms with Crippen LogP contribution in [0.5, 0.6) is 0 Å². The highest BCUT2D eigenvalue weighted by atomic mass is 32.1. The molecule has 2 heterocycles. The monoisotopic (exact) mass is 305 g/mol. The van der Waals surface area contributed by atoms with E-state index in [0.717, 1.165) is 30.8 Å². The Balaban J connectivity index is 1.48. The van der Waals surface area contributed by atoms with Gasteiger partial charge in [0.1, 0.15) is 0 Å². The topological polar surface area (TPSA) is 28.2 Å². The number of nitrogens with one attached hydrogen (secondary N) is 1. The van der Waals surface area contributed by atoms with Crippen molar-refractivity contribution in [1.29, 1.82) is 0 Å². The SMILES string of the molecule is CCCNCc1sc(N2CC3CCCC3C2)nc1C1CC1. The minimum absolute atomic E-state index is 0.774. The average molecular weight is 305 g/mol. The summed E-state index contributed by atoms with van der Waals surface area (Å²) in [6.45, 7) is 6.91. The lowest BCUT2D eigenvalue weighted by Gasteiger charge is -2.15. The van der Waals surface area contributed by atoms with Crippen molar-refractivity contribution in [3.8, 4) is 0 Å². The Hall–Kier alpha value is -0.610. The van der Waals surface area contributed by atoms with Crippen LogP contribution in [0.25, 0.3) is 0 Å². The molecule has 2 unspecified atom stereocenters. The summed E-state index contributed by atoms with van der Waals surface area (Å²) in [6, 6.07) is 0. The molecule has 0 bridgehead atoms. The number of hydrogen-bond acceptors (Lipinski definition) is 4. The maximum atomic E-state index is 5.06. The zero-order valence-electron chi connectivity index (χ0n) is 13.1. The van der Waals surface area contributed by atoms with Crippen molar-refractivity contribution in [2.24, 2.45) is 11.8 Å². The van der Waals surface area contributed by atoms with Gasteiger partial charge in [-0.25, -0.2) is 4.98 Å². The van der Waals surface area contributed by atoms with Crippen molar-refractivity contribution in [2.45, 2.75) is 57.9 Å². The molecule has 0 spiro atoms. The molecule has 3 aliphatic rings. The molecule has 0 amide bonds. The second kappa shape index (κ2) is 5.88. The predicted octanol–water partition coefficient (Wildman–Crippen LogP) is 3.76. The number of thiazole rings is 1. The number of aromatic nitrogens is 1. The normalized spacial score (nSPS) is 28.3. The summed E-state index contributed by atoms with van der Waals surface area (Å²) < 4.78 is 0. The highest BCUT2D eigenvalue weighted by Crippen LogP contribution is 2.46. The molecule has 21 heavy (non-hydrogen) atoms. The van der Waals surface area contributed by atoms with E-state index >= 15 is 0 Å². The Bertz CT molecular complexity index is 482. The first-order valence-corrected chi connectivity index (χ1v) is 9.62. The molecule has 1 saturated heterocycles. The van der Waals surface area contributed by atoms with Crippen LogP contribution >= 0.6 is 11.3 Å². The number of rotatable bonds is 6. The number of nitrogens with zero attached hydrogens (tertiary/aromatic N) is 2. The van der Waals surface area contributed by atoms with Crippen LogP contribution in [0.1, 0.15) is 61.9 Å². The van der Waals surface area contributed by atoms with E-state index in [4.69, 9.17) is 4.98 Å². The van der Waals surface area contributed by atoms with E-state index in [0.29, 0.717) is 0 Å². The first-order valence-electron chi connectivity index (χ1n) is 8.80. The zero-order chi connectivity index (χ0) is 14.2. The van der Waals surface area contributed by atoms with E-state index < -0.39 is 0 Å². The van der Waals surface area contributed by atoms with Gasteiger partial charge in [-0.1, -0.05) is 13.3 Å². The van der Waals surface area contributed by atoms with Crippen molar-refractivity contribution >= 4 is 16.5 Å². The Morgan fingerprint density at radius 3 is 2.62 bits per heavy atom. The fourth-order valence-corrected chi connectivity index (χ4v) is 5.19. The third kappa shape index (κ3) is 2.85. The molecule has 2 aliphatic carbocycles. The summed E-state index contributed by atoms with van der Waals surface area (Å²) in [5.41, 5.74) is 1.43. The van der Waals surface area contributed by atoms with Gasteiger partial charge in [0, 0.05) is 30.4 Å². The second-order valence-corrected chi connectivity index (χ2v) is 8.17. The van der Waals surface area contributed by atoms with Gasteiger partial charge >= 0.3 is 0 Å². The average Bonchev–Trinajstić information content (AvgIpc) is 2.91. The molecule has 1 N–H and O–H groups in total. The molecule has 2 atom stereocenters. The molecule has 1 aromatic heterocycles. The van der Waals surface area contributed by atoms with Gasteiger partial charge in [-0.3, -0.25) is 0 Å².